The van der Waals surface area contributed by atoms with E-state index in [1.807, 2.05) is 36.5 Å². The van der Waals surface area contributed by atoms with Crippen LogP contribution in [0, 0.1) is 0 Å². The predicted molar refractivity (Wildman–Crippen MR) is 128 cm³/mol. The molecule has 0 spiro atoms. The molecule has 5 heteroatoms. The molecule has 2 fully saturated rings. The lowest BCUT2D eigenvalue weighted by atomic mass is 10.0. The van der Waals surface area contributed by atoms with Crippen molar-refractivity contribution in [3.63, 3.8) is 0 Å². The lowest BCUT2D eigenvalue weighted by Gasteiger charge is -2.21. The first-order valence-corrected chi connectivity index (χ1v) is 11.9. The smallest absolute Gasteiger partial charge is 0.254 e. The Labute approximate surface area is 194 Å². The van der Waals surface area contributed by atoms with Crippen molar-refractivity contribution in [3.8, 4) is 5.75 Å². The van der Waals surface area contributed by atoms with E-state index in [-0.39, 0.29) is 5.56 Å². The van der Waals surface area contributed by atoms with Crippen LogP contribution in [0.25, 0.3) is 0 Å². The summed E-state index contributed by atoms with van der Waals surface area (Å²) in [6, 6.07) is 21.5. The second-order valence-corrected chi connectivity index (χ2v) is 9.45. The maximum atomic E-state index is 12.5. The van der Waals surface area contributed by atoms with Gasteiger partial charge in [0.1, 0.15) is 12.4 Å². The molecule has 166 valence electrons. The zero-order valence-corrected chi connectivity index (χ0v) is 19.0. The molecule has 3 heterocycles. The summed E-state index contributed by atoms with van der Waals surface area (Å²) in [5.74, 6) is 0.585. The second-order valence-electron chi connectivity index (χ2n) is 9.01. The van der Waals surface area contributed by atoms with E-state index in [9.17, 15) is 4.79 Å². The Balaban J connectivity index is 1.13. The molecule has 0 atom stereocenters. The van der Waals surface area contributed by atoms with Crippen LogP contribution in [0.2, 0.25) is 5.02 Å². The van der Waals surface area contributed by atoms with Gasteiger partial charge in [0.15, 0.2) is 0 Å². The molecular weight excluding hydrogens is 420 g/mol. The van der Waals surface area contributed by atoms with Gasteiger partial charge in [-0.2, -0.15) is 0 Å². The second kappa shape index (κ2) is 9.51. The van der Waals surface area contributed by atoms with Gasteiger partial charge in [0.25, 0.3) is 5.56 Å². The first-order chi connectivity index (χ1) is 15.6. The van der Waals surface area contributed by atoms with E-state index in [0.29, 0.717) is 23.9 Å². The highest BCUT2D eigenvalue weighted by molar-refractivity contribution is 6.30. The number of nitrogens with zero attached hydrogens (tertiary/aromatic N) is 2. The van der Waals surface area contributed by atoms with Crippen LogP contribution >= 0.6 is 11.6 Å². The van der Waals surface area contributed by atoms with Gasteiger partial charge in [-0.3, -0.25) is 9.69 Å². The van der Waals surface area contributed by atoms with Gasteiger partial charge in [-0.15, -0.1) is 0 Å². The molecule has 4 nitrogen and oxygen atoms in total. The van der Waals surface area contributed by atoms with Crippen molar-refractivity contribution < 1.29 is 4.74 Å². The first-order valence-electron chi connectivity index (χ1n) is 11.6. The number of aryl methyl sites for hydroxylation is 2. The number of pyridine rings is 1. The number of hydrogen-bond acceptors (Lipinski definition) is 3. The van der Waals surface area contributed by atoms with Gasteiger partial charge < -0.3 is 9.30 Å². The van der Waals surface area contributed by atoms with E-state index in [1.165, 1.54) is 36.8 Å². The molecule has 2 aromatic carbocycles. The SMILES string of the molecule is O=c1cc(OCc2ccc(Cl)cc2)ccn1CCc1ccc(CN2C3CCC2CC3)cc1. The van der Waals surface area contributed by atoms with Gasteiger partial charge in [-0.25, -0.2) is 0 Å². The number of fused-ring (bicyclic) bond motifs is 2. The fourth-order valence-electron chi connectivity index (χ4n) is 5.06. The standard InChI is InChI=1S/C27H29ClN2O2/c28-23-7-5-22(6-8-23)19-32-26-14-16-29(27(31)17-26)15-13-20-1-3-21(4-2-20)18-30-24-9-10-25(30)12-11-24/h1-8,14,16-17,24-25H,9-13,15,18-19H2. The molecule has 2 saturated heterocycles. The lowest BCUT2D eigenvalue weighted by molar-refractivity contribution is 0.244. The number of halogens is 1. The Morgan fingerprint density at radius 2 is 1.47 bits per heavy atom. The Bertz CT molecular complexity index is 1090. The molecule has 2 aliphatic heterocycles. The fourth-order valence-corrected chi connectivity index (χ4v) is 5.19. The van der Waals surface area contributed by atoms with E-state index in [1.54, 1.807) is 10.6 Å². The molecule has 0 aliphatic carbocycles. The van der Waals surface area contributed by atoms with Crippen LogP contribution in [0.4, 0.5) is 0 Å². The molecule has 0 unspecified atom stereocenters. The number of aromatic nitrogens is 1. The monoisotopic (exact) mass is 448 g/mol. The minimum Gasteiger partial charge on any atom is -0.489 e. The van der Waals surface area contributed by atoms with E-state index >= 15 is 0 Å². The topological polar surface area (TPSA) is 34.5 Å². The highest BCUT2D eigenvalue weighted by Crippen LogP contribution is 2.38. The highest BCUT2D eigenvalue weighted by atomic mass is 35.5. The van der Waals surface area contributed by atoms with Crippen LogP contribution in [-0.4, -0.2) is 21.6 Å². The van der Waals surface area contributed by atoms with Crippen molar-refractivity contribution in [2.24, 2.45) is 0 Å². The molecule has 0 radical (unpaired) electrons. The van der Waals surface area contributed by atoms with Gasteiger partial charge >= 0.3 is 0 Å². The molecule has 3 aromatic rings. The summed E-state index contributed by atoms with van der Waals surface area (Å²) in [6.45, 7) is 2.14. The highest BCUT2D eigenvalue weighted by Gasteiger charge is 2.38. The van der Waals surface area contributed by atoms with Gasteiger partial charge in [0, 0.05) is 42.5 Å². The predicted octanol–water partition coefficient (Wildman–Crippen LogP) is 5.45. The summed E-state index contributed by atoms with van der Waals surface area (Å²) in [7, 11) is 0. The Kier molecular flexibility index (Phi) is 6.33. The third-order valence-electron chi connectivity index (χ3n) is 6.92. The van der Waals surface area contributed by atoms with Crippen LogP contribution < -0.4 is 10.3 Å². The summed E-state index contributed by atoms with van der Waals surface area (Å²) in [5.41, 5.74) is 3.62. The molecule has 2 aliphatic rings. The average molecular weight is 449 g/mol. The van der Waals surface area contributed by atoms with Crippen molar-refractivity contribution in [2.75, 3.05) is 0 Å². The maximum Gasteiger partial charge on any atom is 0.254 e. The third-order valence-corrected chi connectivity index (χ3v) is 7.17. The molecule has 0 saturated carbocycles. The van der Waals surface area contributed by atoms with Crippen LogP contribution in [0.3, 0.4) is 0 Å². The van der Waals surface area contributed by atoms with E-state index in [2.05, 4.69) is 29.2 Å². The lowest BCUT2D eigenvalue weighted by Crippen LogP contribution is -2.27. The van der Waals surface area contributed by atoms with Crippen molar-refractivity contribution >= 4 is 11.6 Å². The first kappa shape index (κ1) is 21.3. The van der Waals surface area contributed by atoms with Gasteiger partial charge in [-0.05, 0) is 67.0 Å². The largest absolute Gasteiger partial charge is 0.489 e. The van der Waals surface area contributed by atoms with E-state index < -0.39 is 0 Å². The van der Waals surface area contributed by atoms with Crippen molar-refractivity contribution in [1.82, 2.24) is 9.47 Å². The van der Waals surface area contributed by atoms with E-state index in [0.717, 1.165) is 30.6 Å². The van der Waals surface area contributed by atoms with Crippen LogP contribution in [0.1, 0.15) is 42.4 Å². The summed E-state index contributed by atoms with van der Waals surface area (Å²) in [4.78, 5) is 15.2. The minimum atomic E-state index is -0.0419. The zero-order chi connectivity index (χ0) is 21.9. The van der Waals surface area contributed by atoms with Gasteiger partial charge in [0.05, 0.1) is 0 Å². The molecule has 32 heavy (non-hydrogen) atoms. The molecule has 1 aromatic heterocycles. The number of rotatable bonds is 8. The summed E-state index contributed by atoms with van der Waals surface area (Å²) < 4.78 is 7.50. The van der Waals surface area contributed by atoms with E-state index in [4.69, 9.17) is 16.3 Å². The van der Waals surface area contributed by atoms with Crippen molar-refractivity contribution in [1.29, 1.82) is 0 Å². The third kappa shape index (κ3) is 4.92. The van der Waals surface area contributed by atoms with Crippen LogP contribution in [-0.2, 0) is 26.1 Å². The Morgan fingerprint density at radius 1 is 0.844 bits per heavy atom. The Morgan fingerprint density at radius 3 is 2.12 bits per heavy atom. The zero-order valence-electron chi connectivity index (χ0n) is 18.3. The maximum absolute atomic E-state index is 12.5. The molecule has 0 N–H and O–H groups in total. The van der Waals surface area contributed by atoms with Gasteiger partial charge in [0.2, 0.25) is 0 Å². The van der Waals surface area contributed by atoms with Crippen LogP contribution in [0.15, 0.2) is 71.7 Å². The number of benzene rings is 2. The van der Waals surface area contributed by atoms with Gasteiger partial charge in [-0.1, -0.05) is 48.0 Å². The molecule has 0 amide bonds. The van der Waals surface area contributed by atoms with Crippen molar-refractivity contribution in [3.05, 3.63) is 98.9 Å². The summed E-state index contributed by atoms with van der Waals surface area (Å²) in [5, 5.41) is 0.699. The van der Waals surface area contributed by atoms with Crippen LogP contribution in [0.5, 0.6) is 5.75 Å². The minimum absolute atomic E-state index is 0.0419. The molecule has 2 bridgehead atoms. The molecule has 5 rings (SSSR count). The normalized spacial score (nSPS) is 20.0. The number of ether oxygens (including phenoxy) is 1. The quantitative estimate of drug-likeness (QED) is 0.459. The fraction of sp³-hybridized carbons (Fsp3) is 0.370. The van der Waals surface area contributed by atoms with Crippen molar-refractivity contribution in [2.45, 2.75) is 63.9 Å². The number of hydrogen-bond donors (Lipinski definition) is 0. The summed E-state index contributed by atoms with van der Waals surface area (Å²) in [6.07, 6.45) is 8.16. The molecular formula is C27H29ClN2O2. The summed E-state index contributed by atoms with van der Waals surface area (Å²) >= 11 is 5.91. The average Bonchev–Trinajstić information content (AvgIpc) is 3.38. The Hall–Kier alpha value is -2.56.